The maximum atomic E-state index is 12.6. The quantitative estimate of drug-likeness (QED) is 0.763. The zero-order valence-corrected chi connectivity index (χ0v) is 17.0. The number of aryl methyl sites for hydroxylation is 1. The summed E-state index contributed by atoms with van der Waals surface area (Å²) >= 11 is 12.0. The lowest BCUT2D eigenvalue weighted by Gasteiger charge is -2.28. The summed E-state index contributed by atoms with van der Waals surface area (Å²) in [6, 6.07) is 10.7. The Labute approximate surface area is 164 Å². The summed E-state index contributed by atoms with van der Waals surface area (Å²) in [5, 5.41) is 3.36. The average Bonchev–Trinajstić information content (AvgIpc) is 2.57. The molecule has 0 fully saturated rings. The Hall–Kier alpha value is -1.76. The molecule has 0 unspecified atom stereocenters. The number of hydrogen-bond donors (Lipinski definition) is 1. The predicted octanol–water partition coefficient (Wildman–Crippen LogP) is 4.35. The number of sulfonamides is 1. The minimum atomic E-state index is -3.68. The molecule has 2 rings (SSSR count). The van der Waals surface area contributed by atoms with Crippen LogP contribution in [0.1, 0.15) is 19.4 Å². The molecular weight excluding hydrogens is 395 g/mol. The van der Waals surface area contributed by atoms with E-state index in [9.17, 15) is 13.2 Å². The molecule has 0 aliphatic carbocycles. The molecule has 0 heterocycles. The molecule has 0 aromatic heterocycles. The Morgan fingerprint density at radius 3 is 2.31 bits per heavy atom. The molecule has 0 saturated carbocycles. The smallest absolute Gasteiger partial charge is 0.248 e. The van der Waals surface area contributed by atoms with Gasteiger partial charge in [0.25, 0.3) is 0 Å². The van der Waals surface area contributed by atoms with Crippen molar-refractivity contribution in [3.05, 3.63) is 58.1 Å². The van der Waals surface area contributed by atoms with Gasteiger partial charge in [-0.25, -0.2) is 8.42 Å². The van der Waals surface area contributed by atoms with Gasteiger partial charge in [0, 0.05) is 5.02 Å². The van der Waals surface area contributed by atoms with E-state index < -0.39 is 22.0 Å². The lowest BCUT2D eigenvalue weighted by Crippen LogP contribution is -2.45. The summed E-state index contributed by atoms with van der Waals surface area (Å²) in [6.45, 7) is 3.52. The molecule has 5 nitrogen and oxygen atoms in total. The molecular formula is C18H20Cl2N2O3S. The lowest BCUT2D eigenvalue weighted by atomic mass is 10.1. The Morgan fingerprint density at radius 1 is 1.15 bits per heavy atom. The van der Waals surface area contributed by atoms with Crippen LogP contribution in [0.15, 0.2) is 42.5 Å². The first-order chi connectivity index (χ1) is 12.1. The summed E-state index contributed by atoms with van der Waals surface area (Å²) < 4.78 is 25.7. The van der Waals surface area contributed by atoms with Crippen LogP contribution in [0.5, 0.6) is 0 Å². The maximum absolute atomic E-state index is 12.6. The number of amides is 1. The van der Waals surface area contributed by atoms with Gasteiger partial charge >= 0.3 is 0 Å². The predicted molar refractivity (Wildman–Crippen MR) is 108 cm³/mol. The number of anilines is 2. The minimum absolute atomic E-state index is 0.313. The summed E-state index contributed by atoms with van der Waals surface area (Å²) in [6.07, 6.45) is 1.90. The Morgan fingerprint density at radius 2 is 1.77 bits per heavy atom. The van der Waals surface area contributed by atoms with Gasteiger partial charge in [0.2, 0.25) is 15.9 Å². The Bertz CT molecular complexity index is 899. The molecule has 0 saturated heterocycles. The van der Waals surface area contributed by atoms with Crippen LogP contribution in [-0.4, -0.2) is 26.6 Å². The second-order valence-corrected chi connectivity index (χ2v) is 8.57. The molecule has 1 N–H and O–H groups in total. The van der Waals surface area contributed by atoms with Crippen LogP contribution in [0.25, 0.3) is 0 Å². The largest absolute Gasteiger partial charge is 0.323 e. The first-order valence-electron chi connectivity index (χ1n) is 7.97. The first-order valence-corrected chi connectivity index (χ1v) is 10.6. The molecule has 140 valence electrons. The third-order valence-corrected chi connectivity index (χ3v) is 5.68. The number of carbonyl (C=O) groups excluding carboxylic acids is 1. The van der Waals surface area contributed by atoms with E-state index in [1.165, 1.54) is 13.0 Å². The number of nitrogens with zero attached hydrogens (tertiary/aromatic N) is 1. The van der Waals surface area contributed by atoms with Gasteiger partial charge in [-0.1, -0.05) is 42.3 Å². The monoisotopic (exact) mass is 414 g/mol. The molecule has 1 atom stereocenters. The summed E-state index contributed by atoms with van der Waals surface area (Å²) in [4.78, 5) is 12.6. The second-order valence-electron chi connectivity index (χ2n) is 5.87. The van der Waals surface area contributed by atoms with Crippen molar-refractivity contribution in [2.75, 3.05) is 15.9 Å². The van der Waals surface area contributed by atoms with E-state index in [4.69, 9.17) is 23.2 Å². The maximum Gasteiger partial charge on any atom is 0.248 e. The highest BCUT2D eigenvalue weighted by Crippen LogP contribution is 2.27. The highest BCUT2D eigenvalue weighted by atomic mass is 35.5. The summed E-state index contributed by atoms with van der Waals surface area (Å²) in [7, 11) is -3.68. The number of halogens is 2. The Kier molecular flexibility index (Phi) is 6.55. The van der Waals surface area contributed by atoms with Gasteiger partial charge in [0.15, 0.2) is 0 Å². The van der Waals surface area contributed by atoms with Crippen molar-refractivity contribution in [2.45, 2.75) is 26.3 Å². The minimum Gasteiger partial charge on any atom is -0.323 e. The molecule has 8 heteroatoms. The molecule has 2 aromatic carbocycles. The lowest BCUT2D eigenvalue weighted by molar-refractivity contribution is -0.116. The number of carbonyl (C=O) groups is 1. The molecule has 0 bridgehead atoms. The molecule has 26 heavy (non-hydrogen) atoms. The van der Waals surface area contributed by atoms with Crippen LogP contribution in [0, 0.1) is 0 Å². The van der Waals surface area contributed by atoms with E-state index >= 15 is 0 Å². The van der Waals surface area contributed by atoms with Crippen LogP contribution in [-0.2, 0) is 21.2 Å². The second kappa shape index (κ2) is 8.29. The Balaban J connectivity index is 2.32. The summed E-state index contributed by atoms with van der Waals surface area (Å²) in [5.74, 6) is -0.515. The van der Waals surface area contributed by atoms with E-state index in [-0.39, 0.29) is 0 Å². The SMILES string of the molecule is CCc1ccc(N([C@H](C)C(=O)Nc2cc(Cl)ccc2Cl)S(C)(=O)=O)cc1. The number of rotatable bonds is 6. The van der Waals surface area contributed by atoms with Crippen molar-refractivity contribution < 1.29 is 13.2 Å². The van der Waals surface area contributed by atoms with E-state index in [1.807, 2.05) is 19.1 Å². The van der Waals surface area contributed by atoms with Crippen molar-refractivity contribution in [3.8, 4) is 0 Å². The van der Waals surface area contributed by atoms with Crippen molar-refractivity contribution in [1.82, 2.24) is 0 Å². The fourth-order valence-electron chi connectivity index (χ4n) is 2.52. The van der Waals surface area contributed by atoms with E-state index in [2.05, 4.69) is 5.32 Å². The van der Waals surface area contributed by atoms with E-state index in [0.29, 0.717) is 21.4 Å². The highest BCUT2D eigenvalue weighted by molar-refractivity contribution is 7.92. The zero-order chi connectivity index (χ0) is 19.5. The van der Waals surface area contributed by atoms with Gasteiger partial charge < -0.3 is 5.32 Å². The van der Waals surface area contributed by atoms with Crippen LogP contribution < -0.4 is 9.62 Å². The normalized spacial score (nSPS) is 12.5. The van der Waals surface area contributed by atoms with Crippen LogP contribution >= 0.6 is 23.2 Å². The average molecular weight is 415 g/mol. The van der Waals surface area contributed by atoms with Crippen molar-refractivity contribution in [2.24, 2.45) is 0 Å². The molecule has 0 radical (unpaired) electrons. The fourth-order valence-corrected chi connectivity index (χ4v) is 4.03. The van der Waals surface area contributed by atoms with Gasteiger partial charge in [0.1, 0.15) is 6.04 Å². The molecule has 1 amide bonds. The topological polar surface area (TPSA) is 66.5 Å². The van der Waals surface area contributed by atoms with Gasteiger partial charge in [0.05, 0.1) is 22.7 Å². The van der Waals surface area contributed by atoms with Gasteiger partial charge in [-0.15, -0.1) is 0 Å². The number of benzene rings is 2. The highest BCUT2D eigenvalue weighted by Gasteiger charge is 2.29. The van der Waals surface area contributed by atoms with Gasteiger partial charge in [-0.05, 0) is 49.2 Å². The fraction of sp³-hybridized carbons (Fsp3) is 0.278. The van der Waals surface area contributed by atoms with E-state index in [1.54, 1.807) is 24.3 Å². The molecule has 0 aliphatic rings. The third kappa shape index (κ3) is 4.90. The first kappa shape index (κ1) is 20.6. The number of nitrogens with one attached hydrogen (secondary N) is 1. The van der Waals surface area contributed by atoms with Crippen molar-refractivity contribution >= 4 is 50.5 Å². The van der Waals surface area contributed by atoms with Crippen LogP contribution in [0.3, 0.4) is 0 Å². The molecule has 0 aliphatic heterocycles. The van der Waals surface area contributed by atoms with Gasteiger partial charge in [-0.3, -0.25) is 9.10 Å². The standard InChI is InChI=1S/C18H20Cl2N2O3S/c1-4-13-5-8-15(9-6-13)22(26(3,24)25)12(2)18(23)21-17-11-14(19)7-10-16(17)20/h5-12H,4H2,1-3H3,(H,21,23)/t12-/m1/s1. The zero-order valence-electron chi connectivity index (χ0n) is 14.7. The van der Waals surface area contributed by atoms with Crippen LogP contribution in [0.2, 0.25) is 10.0 Å². The van der Waals surface area contributed by atoms with E-state index in [0.717, 1.165) is 22.5 Å². The van der Waals surface area contributed by atoms with Gasteiger partial charge in [-0.2, -0.15) is 0 Å². The van der Waals surface area contributed by atoms with Crippen molar-refractivity contribution in [3.63, 3.8) is 0 Å². The number of hydrogen-bond acceptors (Lipinski definition) is 3. The van der Waals surface area contributed by atoms with Crippen LogP contribution in [0.4, 0.5) is 11.4 Å². The summed E-state index contributed by atoms with van der Waals surface area (Å²) in [5.41, 5.74) is 1.82. The molecule has 0 spiro atoms. The third-order valence-electron chi connectivity index (χ3n) is 3.87. The van der Waals surface area contributed by atoms with Crippen molar-refractivity contribution in [1.29, 1.82) is 0 Å². The molecule has 2 aromatic rings.